The second-order valence-corrected chi connectivity index (χ2v) is 9.88. The zero-order valence-electron chi connectivity index (χ0n) is 17.8. The maximum absolute atomic E-state index is 12.8. The van der Waals surface area contributed by atoms with E-state index in [1.54, 1.807) is 20.8 Å². The maximum Gasteiger partial charge on any atom is 0.410 e. The molecule has 1 N–H and O–H groups in total. The Labute approximate surface area is 189 Å². The summed E-state index contributed by atoms with van der Waals surface area (Å²) < 4.78 is 40.5. The van der Waals surface area contributed by atoms with Crippen LogP contribution < -0.4 is 4.18 Å². The minimum atomic E-state index is -4.35. The number of hydrogen-bond acceptors (Lipinski definition) is 9. The van der Waals surface area contributed by atoms with Gasteiger partial charge in [0.25, 0.3) is 0 Å². The molecule has 0 aliphatic rings. The third kappa shape index (κ3) is 5.47. The molecular weight excluding hydrogens is 462 g/mol. The fraction of sp³-hybridized carbons (Fsp3) is 0.350. The van der Waals surface area contributed by atoms with E-state index < -0.39 is 27.9 Å². The van der Waals surface area contributed by atoms with Crippen molar-refractivity contribution in [3.8, 4) is 5.75 Å². The van der Waals surface area contributed by atoms with Crippen molar-refractivity contribution in [3.63, 3.8) is 0 Å². The quantitative estimate of drug-likeness (QED) is 0.522. The topological polar surface area (TPSA) is 132 Å². The molecule has 0 radical (unpaired) electrons. The van der Waals surface area contributed by atoms with Crippen LogP contribution in [0.25, 0.3) is 11.0 Å². The number of aliphatic hydroxyl groups is 1. The fourth-order valence-corrected chi connectivity index (χ4v) is 4.30. The van der Waals surface area contributed by atoms with E-state index in [1.807, 2.05) is 0 Å². The van der Waals surface area contributed by atoms with Crippen LogP contribution in [0, 0.1) is 0 Å². The number of ether oxygens (including phenoxy) is 1. The highest BCUT2D eigenvalue weighted by Crippen LogP contribution is 2.31. The maximum atomic E-state index is 12.8. The van der Waals surface area contributed by atoms with E-state index in [-0.39, 0.29) is 33.2 Å². The molecule has 172 valence electrons. The minimum absolute atomic E-state index is 0.00836. The third-order valence-electron chi connectivity index (χ3n) is 4.21. The molecule has 0 aliphatic heterocycles. The number of aliphatic hydroxyl groups excluding tert-OH is 1. The first-order valence-electron chi connectivity index (χ1n) is 9.45. The molecule has 0 aliphatic carbocycles. The number of rotatable bonds is 6. The Bertz CT molecular complexity index is 1220. The van der Waals surface area contributed by atoms with Crippen LogP contribution in [0.5, 0.6) is 5.75 Å². The zero-order chi connectivity index (χ0) is 23.7. The Morgan fingerprint density at radius 2 is 1.84 bits per heavy atom. The van der Waals surface area contributed by atoms with Crippen molar-refractivity contribution in [1.82, 2.24) is 15.2 Å². The molecule has 1 atom stereocenters. The lowest BCUT2D eigenvalue weighted by Crippen LogP contribution is -2.36. The molecule has 0 saturated heterocycles. The SMILES string of the molecule is CN(CC(O)c1ccc(OS(=O)(=O)c2c(Cl)ccc3nonc23)cc1)C(=O)OC(C)(C)C. The summed E-state index contributed by atoms with van der Waals surface area (Å²) in [7, 11) is -2.84. The molecule has 32 heavy (non-hydrogen) atoms. The number of likely N-dealkylation sites (N-methyl/N-ethyl adjacent to an activating group) is 1. The second-order valence-electron chi connectivity index (χ2n) is 7.99. The average molecular weight is 484 g/mol. The Morgan fingerprint density at radius 3 is 2.47 bits per heavy atom. The Morgan fingerprint density at radius 1 is 1.19 bits per heavy atom. The van der Waals surface area contributed by atoms with Crippen molar-refractivity contribution in [2.45, 2.75) is 37.4 Å². The van der Waals surface area contributed by atoms with Crippen LogP contribution in [0.3, 0.4) is 0 Å². The standard InChI is InChI=1S/C20H22ClN3O7S/c1-20(2,3)29-19(26)24(4)11-16(25)12-5-7-13(8-6-12)30-32(27,28)18-14(21)9-10-15-17(18)23-31-22-15/h5-10,16,25H,11H2,1-4H3. The van der Waals surface area contributed by atoms with Gasteiger partial charge in [-0.05, 0) is 60.9 Å². The summed E-state index contributed by atoms with van der Waals surface area (Å²) in [6.45, 7) is 5.21. The number of fused-ring (bicyclic) bond motifs is 1. The van der Waals surface area contributed by atoms with Crippen LogP contribution in [-0.2, 0) is 14.9 Å². The number of carbonyl (C=O) groups is 1. The first-order chi connectivity index (χ1) is 14.9. The molecular formula is C20H22ClN3O7S. The van der Waals surface area contributed by atoms with E-state index in [2.05, 4.69) is 14.9 Å². The molecule has 3 rings (SSSR count). The molecule has 0 saturated carbocycles. The molecule has 1 heterocycles. The van der Waals surface area contributed by atoms with Gasteiger partial charge in [0, 0.05) is 7.05 Å². The summed E-state index contributed by atoms with van der Waals surface area (Å²) in [6.07, 6.45) is -1.60. The third-order valence-corrected chi connectivity index (χ3v) is 5.96. The molecule has 1 aromatic heterocycles. The Kier molecular flexibility index (Phi) is 6.63. The van der Waals surface area contributed by atoms with Gasteiger partial charge < -0.3 is 18.9 Å². The summed E-state index contributed by atoms with van der Waals surface area (Å²) in [5.74, 6) is -0.00836. The van der Waals surface area contributed by atoms with Crippen LogP contribution >= 0.6 is 11.6 Å². The van der Waals surface area contributed by atoms with Gasteiger partial charge in [-0.15, -0.1) is 0 Å². The lowest BCUT2D eigenvalue weighted by Gasteiger charge is -2.26. The zero-order valence-corrected chi connectivity index (χ0v) is 19.3. The number of benzene rings is 2. The fourth-order valence-electron chi connectivity index (χ4n) is 2.73. The van der Waals surface area contributed by atoms with Crippen LogP contribution in [-0.4, -0.2) is 54.0 Å². The van der Waals surface area contributed by atoms with Crippen molar-refractivity contribution in [1.29, 1.82) is 0 Å². The van der Waals surface area contributed by atoms with Gasteiger partial charge >= 0.3 is 16.2 Å². The number of amides is 1. The molecule has 12 heteroatoms. The second kappa shape index (κ2) is 8.93. The van der Waals surface area contributed by atoms with Crippen molar-refractivity contribution in [3.05, 3.63) is 47.0 Å². The molecule has 2 aromatic carbocycles. The lowest BCUT2D eigenvalue weighted by atomic mass is 10.1. The van der Waals surface area contributed by atoms with E-state index in [1.165, 1.54) is 48.3 Å². The summed E-state index contributed by atoms with van der Waals surface area (Å²) in [4.78, 5) is 12.9. The van der Waals surface area contributed by atoms with E-state index in [0.29, 0.717) is 5.56 Å². The Balaban J connectivity index is 1.72. The predicted molar refractivity (Wildman–Crippen MR) is 115 cm³/mol. The molecule has 1 unspecified atom stereocenters. The van der Waals surface area contributed by atoms with Crippen LogP contribution in [0.1, 0.15) is 32.4 Å². The predicted octanol–water partition coefficient (Wildman–Crippen LogP) is 3.54. The Hall–Kier alpha value is -2.89. The molecule has 1 amide bonds. The van der Waals surface area contributed by atoms with Crippen LogP contribution in [0.4, 0.5) is 4.79 Å². The largest absolute Gasteiger partial charge is 0.444 e. The van der Waals surface area contributed by atoms with Crippen molar-refractivity contribution < 1.29 is 31.9 Å². The van der Waals surface area contributed by atoms with Gasteiger partial charge in [-0.25, -0.2) is 9.42 Å². The van der Waals surface area contributed by atoms with Gasteiger partial charge in [-0.2, -0.15) is 8.42 Å². The number of halogens is 1. The minimum Gasteiger partial charge on any atom is -0.444 e. The number of aromatic nitrogens is 2. The summed E-state index contributed by atoms with van der Waals surface area (Å²) >= 11 is 6.05. The van der Waals surface area contributed by atoms with Gasteiger partial charge in [-0.3, -0.25) is 0 Å². The number of nitrogens with zero attached hydrogens (tertiary/aromatic N) is 3. The van der Waals surface area contributed by atoms with Gasteiger partial charge in [0.2, 0.25) is 0 Å². The van der Waals surface area contributed by atoms with Crippen LogP contribution in [0.2, 0.25) is 5.02 Å². The lowest BCUT2D eigenvalue weighted by molar-refractivity contribution is 0.0205. The molecule has 3 aromatic rings. The first kappa shape index (κ1) is 23.8. The van der Waals surface area contributed by atoms with Crippen molar-refractivity contribution in [2.24, 2.45) is 0 Å². The molecule has 0 bridgehead atoms. The van der Waals surface area contributed by atoms with E-state index in [9.17, 15) is 18.3 Å². The monoisotopic (exact) mass is 483 g/mol. The molecule has 0 fully saturated rings. The van der Waals surface area contributed by atoms with E-state index in [4.69, 9.17) is 20.5 Å². The molecule has 0 spiro atoms. The summed E-state index contributed by atoms with van der Waals surface area (Å²) in [5.41, 5.74) is -0.0411. The van der Waals surface area contributed by atoms with E-state index >= 15 is 0 Å². The van der Waals surface area contributed by atoms with Gasteiger partial charge in [-0.1, -0.05) is 23.7 Å². The van der Waals surface area contributed by atoms with Gasteiger partial charge in [0.05, 0.1) is 17.7 Å². The van der Waals surface area contributed by atoms with Gasteiger partial charge in [0.15, 0.2) is 10.4 Å². The average Bonchev–Trinajstić information content (AvgIpc) is 3.14. The van der Waals surface area contributed by atoms with Crippen molar-refractivity contribution in [2.75, 3.05) is 13.6 Å². The highest BCUT2D eigenvalue weighted by Gasteiger charge is 2.27. The highest BCUT2D eigenvalue weighted by molar-refractivity contribution is 7.87. The van der Waals surface area contributed by atoms with Gasteiger partial charge in [0.1, 0.15) is 16.9 Å². The smallest absolute Gasteiger partial charge is 0.410 e. The summed E-state index contributed by atoms with van der Waals surface area (Å²) in [6, 6.07) is 8.54. The number of hydrogen-bond donors (Lipinski definition) is 1. The summed E-state index contributed by atoms with van der Waals surface area (Å²) in [5, 5.41) is 17.5. The van der Waals surface area contributed by atoms with Crippen LogP contribution in [0.15, 0.2) is 45.9 Å². The molecule has 10 nitrogen and oxygen atoms in total. The normalized spacial score (nSPS) is 13.1. The van der Waals surface area contributed by atoms with Crippen molar-refractivity contribution >= 4 is 38.8 Å². The first-order valence-corrected chi connectivity index (χ1v) is 11.2. The highest BCUT2D eigenvalue weighted by atomic mass is 35.5. The number of carbonyl (C=O) groups excluding carboxylic acids is 1. The van der Waals surface area contributed by atoms with E-state index in [0.717, 1.165) is 0 Å².